The molecule has 1 saturated heterocycles. The summed E-state index contributed by atoms with van der Waals surface area (Å²) in [4.78, 5) is 3.18. The third-order valence-corrected chi connectivity index (χ3v) is 6.59. The van der Waals surface area contributed by atoms with E-state index in [9.17, 15) is 8.42 Å². The van der Waals surface area contributed by atoms with E-state index in [0.29, 0.717) is 15.8 Å². The lowest BCUT2D eigenvalue weighted by Gasteiger charge is -2.26. The fourth-order valence-electron chi connectivity index (χ4n) is 3.59. The van der Waals surface area contributed by atoms with Gasteiger partial charge >= 0.3 is 0 Å². The smallest absolute Gasteiger partial charge is 0.206 e. The van der Waals surface area contributed by atoms with Gasteiger partial charge in [-0.05, 0) is 55.3 Å². The van der Waals surface area contributed by atoms with Gasteiger partial charge in [-0.2, -0.15) is 0 Å². The Morgan fingerprint density at radius 3 is 2.61 bits per heavy atom. The van der Waals surface area contributed by atoms with Crippen molar-refractivity contribution in [3.8, 4) is 0 Å². The summed E-state index contributed by atoms with van der Waals surface area (Å²) in [6, 6.07) is 14.8. The van der Waals surface area contributed by atoms with Gasteiger partial charge in [-0.1, -0.05) is 18.2 Å². The maximum absolute atomic E-state index is 12.7. The molecule has 0 saturated carbocycles. The van der Waals surface area contributed by atoms with Gasteiger partial charge in [0.1, 0.15) is 0 Å². The highest BCUT2D eigenvalue weighted by atomic mass is 32.2. The molecule has 0 aliphatic carbocycles. The van der Waals surface area contributed by atoms with E-state index in [0.717, 1.165) is 38.0 Å². The van der Waals surface area contributed by atoms with Crippen LogP contribution in [0.3, 0.4) is 0 Å². The summed E-state index contributed by atoms with van der Waals surface area (Å²) in [5.74, 6) is 0. The largest absolute Gasteiger partial charge is 0.367 e. The summed E-state index contributed by atoms with van der Waals surface area (Å²) >= 11 is 0. The predicted octanol–water partition coefficient (Wildman–Crippen LogP) is 2.24. The molecule has 1 fully saturated rings. The van der Waals surface area contributed by atoms with Crippen molar-refractivity contribution in [1.82, 2.24) is 5.32 Å². The Hall–Kier alpha value is -1.85. The van der Waals surface area contributed by atoms with Crippen LogP contribution in [0.25, 0.3) is 0 Å². The fourth-order valence-corrected chi connectivity index (χ4v) is 4.92. The number of hydrogen-bond acceptors (Lipinski definition) is 4. The van der Waals surface area contributed by atoms with Crippen molar-refractivity contribution in [3.63, 3.8) is 0 Å². The molecular formula is C18H20N2O2S. The molecule has 2 aromatic carbocycles. The summed E-state index contributed by atoms with van der Waals surface area (Å²) < 4.78 is 25.5. The molecule has 0 spiro atoms. The van der Waals surface area contributed by atoms with Crippen LogP contribution in [0.15, 0.2) is 58.3 Å². The maximum atomic E-state index is 12.7. The maximum Gasteiger partial charge on any atom is 0.206 e. The van der Waals surface area contributed by atoms with Gasteiger partial charge < -0.3 is 10.2 Å². The number of nitrogens with zero attached hydrogens (tertiary/aromatic N) is 1. The van der Waals surface area contributed by atoms with E-state index in [1.54, 1.807) is 30.3 Å². The lowest BCUT2D eigenvalue weighted by Crippen LogP contribution is -2.35. The molecule has 1 atom stereocenters. The molecule has 0 aromatic heterocycles. The summed E-state index contributed by atoms with van der Waals surface area (Å²) in [6.45, 7) is 3.07. The molecule has 5 heteroatoms. The normalized spacial score (nSPS) is 20.7. The van der Waals surface area contributed by atoms with Crippen molar-refractivity contribution in [3.05, 3.63) is 54.1 Å². The summed E-state index contributed by atoms with van der Waals surface area (Å²) in [5.41, 5.74) is 2.35. The summed E-state index contributed by atoms with van der Waals surface area (Å²) in [6.07, 6.45) is 2.08. The van der Waals surface area contributed by atoms with E-state index < -0.39 is 9.84 Å². The molecule has 2 aromatic rings. The minimum atomic E-state index is -3.43. The van der Waals surface area contributed by atoms with Crippen molar-refractivity contribution in [2.24, 2.45) is 0 Å². The Labute approximate surface area is 137 Å². The van der Waals surface area contributed by atoms with E-state index >= 15 is 0 Å². The number of fused-ring (bicyclic) bond motifs is 1. The molecule has 1 N–H and O–H groups in total. The summed E-state index contributed by atoms with van der Waals surface area (Å²) in [7, 11) is -3.43. The standard InChI is InChI=1S/C18H20N2O2S/c21-23(22,16-4-2-1-3-5-16)17-6-7-18-14(12-17)9-11-20(18)15-8-10-19-13-15/h1-7,12,15,19H,8-11,13H2. The highest BCUT2D eigenvalue weighted by Gasteiger charge is 2.29. The monoisotopic (exact) mass is 328 g/mol. The lowest BCUT2D eigenvalue weighted by atomic mass is 10.1. The third kappa shape index (κ3) is 2.54. The molecule has 120 valence electrons. The van der Waals surface area contributed by atoms with Crippen molar-refractivity contribution >= 4 is 15.5 Å². The van der Waals surface area contributed by atoms with E-state index in [2.05, 4.69) is 10.2 Å². The van der Waals surface area contributed by atoms with E-state index in [4.69, 9.17) is 0 Å². The third-order valence-electron chi connectivity index (χ3n) is 4.82. The highest BCUT2D eigenvalue weighted by molar-refractivity contribution is 7.91. The molecule has 2 aliphatic rings. The van der Waals surface area contributed by atoms with Crippen LogP contribution in [0, 0.1) is 0 Å². The van der Waals surface area contributed by atoms with Crippen molar-refractivity contribution in [2.75, 3.05) is 24.5 Å². The second-order valence-corrected chi connectivity index (χ2v) is 8.15. The zero-order valence-electron chi connectivity index (χ0n) is 12.9. The van der Waals surface area contributed by atoms with Crippen LogP contribution in [0.1, 0.15) is 12.0 Å². The fraction of sp³-hybridized carbons (Fsp3) is 0.333. The molecular weight excluding hydrogens is 308 g/mol. The Morgan fingerprint density at radius 2 is 1.87 bits per heavy atom. The van der Waals surface area contributed by atoms with Crippen LogP contribution in [0.5, 0.6) is 0 Å². The Kier molecular flexibility index (Phi) is 3.62. The number of rotatable bonds is 3. The van der Waals surface area contributed by atoms with Crippen LogP contribution >= 0.6 is 0 Å². The molecule has 0 amide bonds. The topological polar surface area (TPSA) is 49.4 Å². The number of nitrogens with one attached hydrogen (secondary N) is 1. The molecule has 1 unspecified atom stereocenters. The Morgan fingerprint density at radius 1 is 1.04 bits per heavy atom. The molecule has 23 heavy (non-hydrogen) atoms. The van der Waals surface area contributed by atoms with Gasteiger partial charge in [-0.25, -0.2) is 8.42 Å². The van der Waals surface area contributed by atoms with E-state index in [1.165, 1.54) is 5.69 Å². The summed E-state index contributed by atoms with van der Waals surface area (Å²) in [5, 5.41) is 3.40. The second kappa shape index (κ2) is 5.65. The van der Waals surface area contributed by atoms with Gasteiger partial charge in [0, 0.05) is 24.8 Å². The molecule has 0 radical (unpaired) electrons. The average Bonchev–Trinajstić information content (AvgIpc) is 3.24. The Bertz CT molecular complexity index is 812. The minimum absolute atomic E-state index is 0.356. The van der Waals surface area contributed by atoms with Gasteiger partial charge in [-0.3, -0.25) is 0 Å². The molecule has 2 heterocycles. The van der Waals surface area contributed by atoms with E-state index in [-0.39, 0.29) is 0 Å². The first-order valence-electron chi connectivity index (χ1n) is 8.07. The number of anilines is 1. The zero-order valence-corrected chi connectivity index (χ0v) is 13.7. The molecule has 0 bridgehead atoms. The Balaban J connectivity index is 1.69. The molecule has 4 nitrogen and oxygen atoms in total. The first kappa shape index (κ1) is 14.7. The molecule has 4 rings (SSSR count). The molecule has 2 aliphatic heterocycles. The number of hydrogen-bond donors (Lipinski definition) is 1. The van der Waals surface area contributed by atoms with Gasteiger partial charge in [-0.15, -0.1) is 0 Å². The van der Waals surface area contributed by atoms with Crippen LogP contribution in [0.4, 0.5) is 5.69 Å². The van der Waals surface area contributed by atoms with Crippen molar-refractivity contribution < 1.29 is 8.42 Å². The quantitative estimate of drug-likeness (QED) is 0.939. The second-order valence-electron chi connectivity index (χ2n) is 6.20. The van der Waals surface area contributed by atoms with Crippen molar-refractivity contribution in [1.29, 1.82) is 0 Å². The average molecular weight is 328 g/mol. The number of benzene rings is 2. The van der Waals surface area contributed by atoms with Crippen LogP contribution in [-0.2, 0) is 16.3 Å². The first-order chi connectivity index (χ1) is 11.2. The van der Waals surface area contributed by atoms with Crippen LogP contribution in [-0.4, -0.2) is 34.1 Å². The van der Waals surface area contributed by atoms with Gasteiger partial charge in [0.05, 0.1) is 9.79 Å². The van der Waals surface area contributed by atoms with E-state index in [1.807, 2.05) is 18.2 Å². The highest BCUT2D eigenvalue weighted by Crippen LogP contribution is 2.34. The van der Waals surface area contributed by atoms with Gasteiger partial charge in [0.25, 0.3) is 0 Å². The van der Waals surface area contributed by atoms with Gasteiger partial charge in [0.2, 0.25) is 9.84 Å². The first-order valence-corrected chi connectivity index (χ1v) is 9.55. The van der Waals surface area contributed by atoms with Gasteiger partial charge in [0.15, 0.2) is 0 Å². The lowest BCUT2D eigenvalue weighted by molar-refractivity contribution is 0.596. The zero-order chi connectivity index (χ0) is 15.9. The number of sulfone groups is 1. The predicted molar refractivity (Wildman–Crippen MR) is 90.7 cm³/mol. The van der Waals surface area contributed by atoms with Crippen LogP contribution < -0.4 is 10.2 Å². The minimum Gasteiger partial charge on any atom is -0.367 e. The van der Waals surface area contributed by atoms with Crippen LogP contribution in [0.2, 0.25) is 0 Å². The van der Waals surface area contributed by atoms with Crippen molar-refractivity contribution in [2.45, 2.75) is 28.7 Å². The SMILES string of the molecule is O=S(=O)(c1ccccc1)c1ccc2c(c1)CCN2C1CCNC1.